The number of aromatic carboxylic acids is 1. The van der Waals surface area contributed by atoms with Crippen molar-refractivity contribution >= 4 is 40.9 Å². The van der Waals surface area contributed by atoms with Gasteiger partial charge in [-0.1, -0.05) is 6.07 Å². The minimum absolute atomic E-state index is 0.137. The zero-order valence-corrected chi connectivity index (χ0v) is 16.4. The van der Waals surface area contributed by atoms with Crippen LogP contribution in [0.3, 0.4) is 0 Å². The predicted octanol–water partition coefficient (Wildman–Crippen LogP) is 3.55. The molecule has 0 atom stereocenters. The lowest BCUT2D eigenvalue weighted by molar-refractivity contribution is -0.145. The molecule has 0 aliphatic carbocycles. The molecule has 1 aromatic heterocycles. The molecule has 0 unspecified atom stereocenters. The third kappa shape index (κ3) is 4.40. The Morgan fingerprint density at radius 1 is 1.24 bits per heavy atom. The predicted molar refractivity (Wildman–Crippen MR) is 105 cm³/mol. The fourth-order valence-corrected chi connectivity index (χ4v) is 3.57. The van der Waals surface area contributed by atoms with Crippen LogP contribution in [0, 0.1) is 6.92 Å². The molecule has 0 bridgehead atoms. The van der Waals surface area contributed by atoms with Crippen LogP contribution in [0.1, 0.15) is 28.6 Å². The van der Waals surface area contributed by atoms with Crippen LogP contribution in [0.5, 0.6) is 0 Å². The number of carboxylic acid groups (broad SMARTS) is 1. The van der Waals surface area contributed by atoms with Crippen LogP contribution in [0.15, 0.2) is 39.7 Å². The number of nitrogens with zero attached hydrogens (tertiary/aromatic N) is 1. The van der Waals surface area contributed by atoms with Crippen LogP contribution >= 0.6 is 11.8 Å². The molecule has 1 N–H and O–H groups in total. The Morgan fingerprint density at radius 2 is 2.00 bits per heavy atom. The molecule has 0 saturated carbocycles. The van der Waals surface area contributed by atoms with Crippen molar-refractivity contribution in [3.05, 3.63) is 52.1 Å². The van der Waals surface area contributed by atoms with Gasteiger partial charge < -0.3 is 14.3 Å². The van der Waals surface area contributed by atoms with Gasteiger partial charge in [0.05, 0.1) is 17.1 Å². The summed E-state index contributed by atoms with van der Waals surface area (Å²) in [4.78, 5) is 48.0. The van der Waals surface area contributed by atoms with Gasteiger partial charge in [-0.15, -0.1) is 0 Å². The Bertz CT molecular complexity index is 1040. The fourth-order valence-electron chi connectivity index (χ4n) is 2.75. The first-order valence-electron chi connectivity index (χ1n) is 8.65. The molecule has 1 fully saturated rings. The Labute approximate surface area is 170 Å². The minimum atomic E-state index is -1.02. The third-order valence-electron chi connectivity index (χ3n) is 4.11. The second-order valence-corrected chi connectivity index (χ2v) is 7.10. The summed E-state index contributed by atoms with van der Waals surface area (Å²) >= 11 is 0.716. The van der Waals surface area contributed by atoms with E-state index in [0.29, 0.717) is 28.8 Å². The van der Waals surface area contributed by atoms with E-state index in [0.717, 1.165) is 10.5 Å². The number of hydrogen-bond acceptors (Lipinski definition) is 7. The van der Waals surface area contributed by atoms with Crippen molar-refractivity contribution in [2.24, 2.45) is 0 Å². The number of ether oxygens (including phenoxy) is 1. The van der Waals surface area contributed by atoms with E-state index >= 15 is 0 Å². The summed E-state index contributed by atoms with van der Waals surface area (Å²) in [6.45, 7) is 3.13. The molecule has 2 amide bonds. The molecule has 1 aliphatic heterocycles. The van der Waals surface area contributed by atoms with Gasteiger partial charge >= 0.3 is 11.9 Å². The number of esters is 1. The minimum Gasteiger partial charge on any atom is -0.478 e. The molecule has 1 saturated heterocycles. The number of amides is 2. The van der Waals surface area contributed by atoms with Crippen LogP contribution in [-0.4, -0.2) is 46.2 Å². The van der Waals surface area contributed by atoms with Crippen LogP contribution in [0.2, 0.25) is 0 Å². The van der Waals surface area contributed by atoms with Crippen molar-refractivity contribution in [3.8, 4) is 11.3 Å². The summed E-state index contributed by atoms with van der Waals surface area (Å²) in [5, 5.41) is 8.51. The molecule has 8 nitrogen and oxygen atoms in total. The van der Waals surface area contributed by atoms with Gasteiger partial charge in [-0.2, -0.15) is 0 Å². The maximum Gasteiger partial charge on any atom is 0.335 e. The lowest BCUT2D eigenvalue weighted by Crippen LogP contribution is -2.34. The standard InChI is InChI=1S/C20H17NO7S/c1-3-27-17(22)10-21-18(23)16(29-20(21)26)9-13-5-7-15(28-13)14-6-4-12(19(24)25)8-11(14)2/h4-9H,3,10H2,1-2H3,(H,24,25)/b16-9+. The first-order valence-corrected chi connectivity index (χ1v) is 9.47. The summed E-state index contributed by atoms with van der Waals surface area (Å²) in [5.41, 5.74) is 1.61. The smallest absolute Gasteiger partial charge is 0.335 e. The Morgan fingerprint density at radius 3 is 2.66 bits per heavy atom. The number of imide groups is 1. The van der Waals surface area contributed by atoms with Crippen molar-refractivity contribution in [3.63, 3.8) is 0 Å². The molecule has 2 heterocycles. The lowest BCUT2D eigenvalue weighted by Gasteiger charge is -2.10. The van der Waals surface area contributed by atoms with Gasteiger partial charge in [0, 0.05) is 11.6 Å². The summed E-state index contributed by atoms with van der Waals surface area (Å²) in [6, 6.07) is 8.00. The Kier molecular flexibility index (Phi) is 5.88. The summed E-state index contributed by atoms with van der Waals surface area (Å²) in [7, 11) is 0. The number of hydrogen-bond donors (Lipinski definition) is 1. The fraction of sp³-hybridized carbons (Fsp3) is 0.200. The summed E-state index contributed by atoms with van der Waals surface area (Å²) in [6.07, 6.45) is 1.43. The van der Waals surface area contributed by atoms with Gasteiger partial charge in [0.25, 0.3) is 11.1 Å². The molecule has 150 valence electrons. The van der Waals surface area contributed by atoms with Crippen molar-refractivity contribution in [1.82, 2.24) is 4.90 Å². The Hall–Kier alpha value is -3.33. The molecule has 2 aromatic rings. The van der Waals surface area contributed by atoms with Gasteiger partial charge in [-0.25, -0.2) is 4.79 Å². The first-order chi connectivity index (χ1) is 13.8. The Balaban J connectivity index is 1.80. The van der Waals surface area contributed by atoms with E-state index in [9.17, 15) is 19.2 Å². The monoisotopic (exact) mass is 415 g/mol. The van der Waals surface area contributed by atoms with Crippen LogP contribution < -0.4 is 0 Å². The number of carbonyl (C=O) groups is 4. The highest BCUT2D eigenvalue weighted by atomic mass is 32.2. The maximum atomic E-state index is 12.4. The zero-order valence-electron chi connectivity index (χ0n) is 15.6. The van der Waals surface area contributed by atoms with E-state index in [1.54, 1.807) is 38.1 Å². The van der Waals surface area contributed by atoms with E-state index in [-0.39, 0.29) is 17.1 Å². The summed E-state index contributed by atoms with van der Waals surface area (Å²) < 4.78 is 10.5. The highest BCUT2D eigenvalue weighted by Gasteiger charge is 2.36. The van der Waals surface area contributed by atoms with E-state index in [1.807, 2.05) is 0 Å². The average molecular weight is 415 g/mol. The zero-order chi connectivity index (χ0) is 21.1. The third-order valence-corrected chi connectivity index (χ3v) is 5.01. The molecular weight excluding hydrogens is 398 g/mol. The van der Waals surface area contributed by atoms with E-state index in [2.05, 4.69) is 0 Å². The maximum absolute atomic E-state index is 12.4. The number of carbonyl (C=O) groups excluding carboxylic acids is 3. The summed E-state index contributed by atoms with van der Waals surface area (Å²) in [5.74, 6) is -1.41. The van der Waals surface area contributed by atoms with Crippen molar-refractivity contribution in [1.29, 1.82) is 0 Å². The molecule has 1 aliphatic rings. The van der Waals surface area contributed by atoms with E-state index in [1.165, 1.54) is 12.1 Å². The van der Waals surface area contributed by atoms with Crippen LogP contribution in [0.25, 0.3) is 17.4 Å². The number of carboxylic acids is 1. The van der Waals surface area contributed by atoms with Gasteiger partial charge in [0.2, 0.25) is 0 Å². The number of rotatable bonds is 6. The van der Waals surface area contributed by atoms with Gasteiger partial charge in [0.15, 0.2) is 0 Å². The van der Waals surface area contributed by atoms with Gasteiger partial charge in [0.1, 0.15) is 18.1 Å². The molecule has 3 rings (SSSR count). The number of aryl methyl sites for hydroxylation is 1. The van der Waals surface area contributed by atoms with Crippen LogP contribution in [0.4, 0.5) is 4.79 Å². The average Bonchev–Trinajstić information content (AvgIpc) is 3.22. The quantitative estimate of drug-likeness (QED) is 0.563. The topological polar surface area (TPSA) is 114 Å². The van der Waals surface area contributed by atoms with Crippen LogP contribution in [-0.2, 0) is 14.3 Å². The number of benzene rings is 1. The second kappa shape index (κ2) is 8.36. The molecule has 29 heavy (non-hydrogen) atoms. The normalized spacial score (nSPS) is 15.2. The van der Waals surface area contributed by atoms with Gasteiger partial charge in [-0.05, 0) is 55.4 Å². The lowest BCUT2D eigenvalue weighted by atomic mass is 10.0. The van der Waals surface area contributed by atoms with Crippen molar-refractivity contribution in [2.75, 3.05) is 13.2 Å². The highest BCUT2D eigenvalue weighted by molar-refractivity contribution is 8.18. The highest BCUT2D eigenvalue weighted by Crippen LogP contribution is 2.33. The number of thioether (sulfide) groups is 1. The molecule has 1 aromatic carbocycles. The van der Waals surface area contributed by atoms with Crippen molar-refractivity contribution in [2.45, 2.75) is 13.8 Å². The van der Waals surface area contributed by atoms with Crippen molar-refractivity contribution < 1.29 is 33.4 Å². The van der Waals surface area contributed by atoms with Gasteiger partial charge in [-0.3, -0.25) is 19.3 Å². The number of furan rings is 1. The molecule has 9 heteroatoms. The SMILES string of the molecule is CCOC(=O)CN1C(=O)S/C(=C/c2ccc(-c3ccc(C(=O)O)cc3C)o2)C1=O. The first kappa shape index (κ1) is 20.4. The molecule has 0 radical (unpaired) electrons. The second-order valence-electron chi connectivity index (χ2n) is 6.11. The largest absolute Gasteiger partial charge is 0.478 e. The van der Waals surface area contributed by atoms with E-state index in [4.69, 9.17) is 14.3 Å². The van der Waals surface area contributed by atoms with E-state index < -0.39 is 29.6 Å². The molecule has 0 spiro atoms. The molecular formula is C20H17NO7S.